The van der Waals surface area contributed by atoms with Crippen molar-refractivity contribution < 1.29 is 4.79 Å². The first-order chi connectivity index (χ1) is 6.20. The predicted octanol–water partition coefficient (Wildman–Crippen LogP) is 3.41. The van der Waals surface area contributed by atoms with Crippen LogP contribution in [0, 0.1) is 0 Å². The van der Waals surface area contributed by atoms with Crippen LogP contribution in [0.2, 0.25) is 5.02 Å². The molecule has 0 saturated heterocycles. The van der Waals surface area contributed by atoms with Crippen LogP contribution in [0.15, 0.2) is 29.2 Å². The average molecular weight is 215 g/mol. The minimum Gasteiger partial charge on any atom is -0.300 e. The van der Waals surface area contributed by atoms with Crippen LogP contribution in [-0.4, -0.2) is 11.5 Å². The van der Waals surface area contributed by atoms with E-state index >= 15 is 0 Å². The summed E-state index contributed by atoms with van der Waals surface area (Å²) in [5.74, 6) is 1.03. The summed E-state index contributed by atoms with van der Waals surface area (Å²) in [5, 5.41) is 0.760. The number of ketones is 1. The molecule has 0 unspecified atom stereocenters. The molecule has 0 saturated carbocycles. The number of hydrogen-bond acceptors (Lipinski definition) is 2. The number of halogens is 1. The molecule has 0 radical (unpaired) electrons. The molecule has 0 amide bonds. The Morgan fingerprint density at radius 2 is 2.15 bits per heavy atom. The van der Waals surface area contributed by atoms with Crippen molar-refractivity contribution >= 4 is 29.1 Å². The van der Waals surface area contributed by atoms with Gasteiger partial charge in [-0.15, -0.1) is 11.8 Å². The molecule has 70 valence electrons. The lowest BCUT2D eigenvalue weighted by Gasteiger charge is -2.01. The Hall–Kier alpha value is -0.470. The highest BCUT2D eigenvalue weighted by Crippen LogP contribution is 2.26. The Morgan fingerprint density at radius 1 is 1.46 bits per heavy atom. The molecule has 1 aromatic rings. The van der Waals surface area contributed by atoms with Gasteiger partial charge in [0.2, 0.25) is 0 Å². The third-order valence-corrected chi connectivity index (χ3v) is 3.07. The van der Waals surface area contributed by atoms with Crippen molar-refractivity contribution in [2.45, 2.75) is 18.2 Å². The average Bonchev–Trinajstić information content (AvgIpc) is 2.08. The maximum absolute atomic E-state index is 10.7. The number of carbonyl (C=O) groups is 1. The second kappa shape index (κ2) is 5.30. The lowest BCUT2D eigenvalue weighted by atomic mass is 10.4. The SMILES string of the molecule is CC(=O)CCSc1ccccc1Cl. The number of rotatable bonds is 4. The van der Waals surface area contributed by atoms with E-state index in [-0.39, 0.29) is 5.78 Å². The summed E-state index contributed by atoms with van der Waals surface area (Å²) >= 11 is 7.56. The number of benzene rings is 1. The van der Waals surface area contributed by atoms with E-state index in [2.05, 4.69) is 0 Å². The standard InChI is InChI=1S/C10H11ClOS/c1-8(12)6-7-13-10-5-3-2-4-9(10)11/h2-5H,6-7H2,1H3. The van der Waals surface area contributed by atoms with Crippen LogP contribution in [0.4, 0.5) is 0 Å². The Bertz CT molecular complexity index is 299. The molecule has 0 spiro atoms. The molecule has 0 atom stereocenters. The summed E-state index contributed by atoms with van der Waals surface area (Å²) in [6.07, 6.45) is 0.607. The zero-order valence-corrected chi connectivity index (χ0v) is 8.99. The molecule has 0 aliphatic rings. The lowest BCUT2D eigenvalue weighted by Crippen LogP contribution is -1.91. The molecule has 0 aliphatic heterocycles. The summed E-state index contributed by atoms with van der Waals surface area (Å²) in [6, 6.07) is 7.67. The maximum atomic E-state index is 10.7. The second-order valence-electron chi connectivity index (χ2n) is 2.73. The van der Waals surface area contributed by atoms with E-state index in [4.69, 9.17) is 11.6 Å². The summed E-state index contributed by atoms with van der Waals surface area (Å²) in [5.41, 5.74) is 0. The molecule has 1 aromatic carbocycles. The highest BCUT2D eigenvalue weighted by atomic mass is 35.5. The van der Waals surface area contributed by atoms with Gasteiger partial charge in [0.25, 0.3) is 0 Å². The van der Waals surface area contributed by atoms with Crippen LogP contribution in [0.5, 0.6) is 0 Å². The monoisotopic (exact) mass is 214 g/mol. The van der Waals surface area contributed by atoms with E-state index in [0.29, 0.717) is 6.42 Å². The van der Waals surface area contributed by atoms with E-state index in [1.54, 1.807) is 18.7 Å². The van der Waals surface area contributed by atoms with Gasteiger partial charge in [-0.3, -0.25) is 4.79 Å². The van der Waals surface area contributed by atoms with Crippen LogP contribution in [0.1, 0.15) is 13.3 Å². The van der Waals surface area contributed by atoms with Crippen LogP contribution in [0.25, 0.3) is 0 Å². The number of Topliss-reactive ketones (excluding diaryl/α,β-unsaturated/α-hetero) is 1. The fraction of sp³-hybridized carbons (Fsp3) is 0.300. The lowest BCUT2D eigenvalue weighted by molar-refractivity contribution is -0.116. The van der Waals surface area contributed by atoms with E-state index in [1.165, 1.54) is 0 Å². The van der Waals surface area contributed by atoms with Crippen molar-refractivity contribution in [2.75, 3.05) is 5.75 Å². The molecular weight excluding hydrogens is 204 g/mol. The van der Waals surface area contributed by atoms with Gasteiger partial charge in [0.05, 0.1) is 5.02 Å². The third kappa shape index (κ3) is 3.83. The van der Waals surface area contributed by atoms with E-state index in [1.807, 2.05) is 24.3 Å². The quantitative estimate of drug-likeness (QED) is 0.715. The van der Waals surface area contributed by atoms with Crippen LogP contribution in [0.3, 0.4) is 0 Å². The fourth-order valence-corrected chi connectivity index (χ4v) is 2.16. The first kappa shape index (κ1) is 10.6. The smallest absolute Gasteiger partial charge is 0.130 e. The van der Waals surface area contributed by atoms with E-state index in [0.717, 1.165) is 15.7 Å². The highest BCUT2D eigenvalue weighted by Gasteiger charge is 2.00. The Balaban J connectivity index is 2.45. The van der Waals surface area contributed by atoms with Crippen molar-refractivity contribution in [1.82, 2.24) is 0 Å². The summed E-state index contributed by atoms with van der Waals surface area (Å²) in [7, 11) is 0. The topological polar surface area (TPSA) is 17.1 Å². The van der Waals surface area contributed by atoms with Crippen molar-refractivity contribution in [1.29, 1.82) is 0 Å². The molecule has 0 N–H and O–H groups in total. The van der Waals surface area contributed by atoms with Crippen molar-refractivity contribution in [3.63, 3.8) is 0 Å². The fourth-order valence-electron chi connectivity index (χ4n) is 0.867. The van der Waals surface area contributed by atoms with Crippen molar-refractivity contribution in [2.24, 2.45) is 0 Å². The molecule has 0 bridgehead atoms. The van der Waals surface area contributed by atoms with Crippen LogP contribution < -0.4 is 0 Å². The molecule has 0 fully saturated rings. The molecule has 0 aliphatic carbocycles. The number of hydrogen-bond donors (Lipinski definition) is 0. The Kier molecular flexibility index (Phi) is 4.33. The Labute approximate surface area is 87.5 Å². The number of thioether (sulfide) groups is 1. The first-order valence-electron chi connectivity index (χ1n) is 4.07. The van der Waals surface area contributed by atoms with Crippen molar-refractivity contribution in [3.8, 4) is 0 Å². The largest absolute Gasteiger partial charge is 0.300 e. The summed E-state index contributed by atoms with van der Waals surface area (Å²) in [6.45, 7) is 1.60. The molecule has 0 heterocycles. The number of carbonyl (C=O) groups excluding carboxylic acids is 1. The third-order valence-electron chi connectivity index (χ3n) is 1.55. The minimum atomic E-state index is 0.222. The second-order valence-corrected chi connectivity index (χ2v) is 4.27. The zero-order valence-electron chi connectivity index (χ0n) is 7.42. The molecule has 0 aromatic heterocycles. The van der Waals surface area contributed by atoms with Gasteiger partial charge in [0, 0.05) is 17.1 Å². The van der Waals surface area contributed by atoms with Gasteiger partial charge in [0.1, 0.15) is 5.78 Å². The first-order valence-corrected chi connectivity index (χ1v) is 5.43. The van der Waals surface area contributed by atoms with Gasteiger partial charge in [-0.05, 0) is 19.1 Å². The van der Waals surface area contributed by atoms with E-state index < -0.39 is 0 Å². The maximum Gasteiger partial charge on any atom is 0.130 e. The van der Waals surface area contributed by atoms with Gasteiger partial charge in [0.15, 0.2) is 0 Å². The van der Waals surface area contributed by atoms with Gasteiger partial charge in [-0.25, -0.2) is 0 Å². The summed E-state index contributed by atoms with van der Waals surface area (Å²) in [4.78, 5) is 11.7. The van der Waals surface area contributed by atoms with Gasteiger partial charge in [-0.1, -0.05) is 23.7 Å². The molecule has 13 heavy (non-hydrogen) atoms. The predicted molar refractivity (Wildman–Crippen MR) is 57.5 cm³/mol. The van der Waals surface area contributed by atoms with Gasteiger partial charge >= 0.3 is 0 Å². The highest BCUT2D eigenvalue weighted by molar-refractivity contribution is 7.99. The van der Waals surface area contributed by atoms with Gasteiger partial charge in [-0.2, -0.15) is 0 Å². The Morgan fingerprint density at radius 3 is 2.77 bits per heavy atom. The molecule has 1 nitrogen and oxygen atoms in total. The van der Waals surface area contributed by atoms with Crippen molar-refractivity contribution in [3.05, 3.63) is 29.3 Å². The van der Waals surface area contributed by atoms with E-state index in [9.17, 15) is 4.79 Å². The van der Waals surface area contributed by atoms with Gasteiger partial charge < -0.3 is 0 Å². The molecule has 1 rings (SSSR count). The zero-order chi connectivity index (χ0) is 9.68. The minimum absolute atomic E-state index is 0.222. The molecule has 3 heteroatoms. The van der Waals surface area contributed by atoms with Crippen LogP contribution in [-0.2, 0) is 4.79 Å². The normalized spacial score (nSPS) is 10.0. The summed E-state index contributed by atoms with van der Waals surface area (Å²) < 4.78 is 0. The van der Waals surface area contributed by atoms with Crippen LogP contribution >= 0.6 is 23.4 Å². The molecular formula is C10H11ClOS.